The maximum atomic E-state index is 9.69. The van der Waals surface area contributed by atoms with E-state index in [1.165, 1.54) is 0 Å². The van der Waals surface area contributed by atoms with Crippen LogP contribution in [0.2, 0.25) is 10.0 Å². The second-order valence-electron chi connectivity index (χ2n) is 3.44. The minimum absolute atomic E-state index is 0.140. The van der Waals surface area contributed by atoms with Crippen LogP contribution >= 0.6 is 23.2 Å². The summed E-state index contributed by atoms with van der Waals surface area (Å²) in [7, 11) is 0. The molecule has 2 nitrogen and oxygen atoms in total. The van der Waals surface area contributed by atoms with Crippen molar-refractivity contribution in [3.05, 3.63) is 27.7 Å². The molecule has 1 unspecified atom stereocenters. The average molecular weight is 232 g/mol. The quantitative estimate of drug-likeness (QED) is 0.779. The molecule has 1 saturated heterocycles. The van der Waals surface area contributed by atoms with Crippen molar-refractivity contribution < 1.29 is 5.11 Å². The van der Waals surface area contributed by atoms with Crippen LogP contribution in [-0.2, 0) is 0 Å². The predicted octanol–water partition coefficient (Wildman–Crippen LogP) is 3.12. The average Bonchev–Trinajstić information content (AvgIpc) is 2.65. The number of hydrogen-bond acceptors (Lipinski definition) is 2. The second-order valence-corrected chi connectivity index (χ2v) is 4.23. The van der Waals surface area contributed by atoms with Crippen LogP contribution in [0.15, 0.2) is 12.1 Å². The number of rotatable bonds is 1. The fourth-order valence-electron chi connectivity index (χ4n) is 1.82. The summed E-state index contributed by atoms with van der Waals surface area (Å²) < 4.78 is 0. The van der Waals surface area contributed by atoms with Crippen LogP contribution in [0, 0.1) is 0 Å². The predicted molar refractivity (Wildman–Crippen MR) is 58.1 cm³/mol. The molecule has 0 radical (unpaired) electrons. The van der Waals surface area contributed by atoms with E-state index < -0.39 is 0 Å². The van der Waals surface area contributed by atoms with Crippen molar-refractivity contribution in [3.8, 4) is 5.75 Å². The first-order valence-corrected chi connectivity index (χ1v) is 5.36. The molecule has 1 aromatic carbocycles. The molecular weight excluding hydrogens is 221 g/mol. The van der Waals surface area contributed by atoms with Gasteiger partial charge in [-0.15, -0.1) is 0 Å². The lowest BCUT2D eigenvalue weighted by Crippen LogP contribution is -2.13. The van der Waals surface area contributed by atoms with Gasteiger partial charge in [-0.25, -0.2) is 0 Å². The van der Waals surface area contributed by atoms with E-state index in [0.29, 0.717) is 10.0 Å². The molecule has 0 aromatic heterocycles. The zero-order valence-corrected chi connectivity index (χ0v) is 9.07. The normalized spacial score (nSPS) is 21.4. The third-order valence-electron chi connectivity index (χ3n) is 2.52. The standard InChI is InChI=1S/C10H11Cl2NO/c11-6-3-4-8(14)9(10(6)12)7-2-1-5-13-7/h3-4,7,13-14H,1-2,5H2. The van der Waals surface area contributed by atoms with Gasteiger partial charge >= 0.3 is 0 Å². The molecule has 2 rings (SSSR count). The van der Waals surface area contributed by atoms with Crippen molar-refractivity contribution in [2.45, 2.75) is 18.9 Å². The summed E-state index contributed by atoms with van der Waals surface area (Å²) in [5.41, 5.74) is 0.733. The summed E-state index contributed by atoms with van der Waals surface area (Å²) in [6, 6.07) is 3.34. The maximum absolute atomic E-state index is 9.69. The largest absolute Gasteiger partial charge is 0.508 e. The van der Waals surface area contributed by atoms with E-state index >= 15 is 0 Å². The number of halogens is 2. The lowest BCUT2D eigenvalue weighted by Gasteiger charge is -2.15. The molecule has 2 N–H and O–H groups in total. The number of phenols is 1. The van der Waals surface area contributed by atoms with Gasteiger partial charge in [0, 0.05) is 11.6 Å². The van der Waals surface area contributed by atoms with Crippen molar-refractivity contribution in [2.24, 2.45) is 0 Å². The van der Waals surface area contributed by atoms with Crippen LogP contribution < -0.4 is 5.32 Å². The Morgan fingerprint density at radius 3 is 2.79 bits per heavy atom. The van der Waals surface area contributed by atoms with Gasteiger partial charge in [0.1, 0.15) is 5.75 Å². The first kappa shape index (κ1) is 10.1. The van der Waals surface area contributed by atoms with E-state index in [0.717, 1.165) is 24.9 Å². The summed E-state index contributed by atoms with van der Waals surface area (Å²) in [5, 5.41) is 13.9. The maximum Gasteiger partial charge on any atom is 0.121 e. The van der Waals surface area contributed by atoms with Crippen LogP contribution in [-0.4, -0.2) is 11.7 Å². The molecule has 0 amide bonds. The van der Waals surface area contributed by atoms with Crippen molar-refractivity contribution in [2.75, 3.05) is 6.54 Å². The molecule has 0 spiro atoms. The van der Waals surface area contributed by atoms with E-state index in [-0.39, 0.29) is 11.8 Å². The third-order valence-corrected chi connectivity index (χ3v) is 3.34. The van der Waals surface area contributed by atoms with Gasteiger partial charge < -0.3 is 10.4 Å². The summed E-state index contributed by atoms with van der Waals surface area (Å²) in [6.07, 6.45) is 2.10. The number of nitrogens with one attached hydrogen (secondary N) is 1. The summed E-state index contributed by atoms with van der Waals surface area (Å²) in [6.45, 7) is 0.965. The minimum Gasteiger partial charge on any atom is -0.508 e. The Hall–Kier alpha value is -0.440. The van der Waals surface area contributed by atoms with Crippen LogP contribution in [0.25, 0.3) is 0 Å². The highest BCUT2D eigenvalue weighted by molar-refractivity contribution is 6.42. The molecule has 76 valence electrons. The number of benzene rings is 1. The van der Waals surface area contributed by atoms with Crippen LogP contribution in [0.4, 0.5) is 0 Å². The molecular formula is C10H11Cl2NO. The summed E-state index contributed by atoms with van der Waals surface area (Å²) in [4.78, 5) is 0. The Labute approximate surface area is 92.8 Å². The Kier molecular flexibility index (Phi) is 2.86. The van der Waals surface area contributed by atoms with Crippen LogP contribution in [0.1, 0.15) is 24.4 Å². The second kappa shape index (κ2) is 3.97. The zero-order chi connectivity index (χ0) is 10.1. The fraction of sp³-hybridized carbons (Fsp3) is 0.400. The highest BCUT2D eigenvalue weighted by Gasteiger charge is 2.23. The van der Waals surface area contributed by atoms with Gasteiger partial charge in [-0.2, -0.15) is 0 Å². The Morgan fingerprint density at radius 2 is 2.14 bits per heavy atom. The van der Waals surface area contributed by atoms with E-state index in [4.69, 9.17) is 23.2 Å². The van der Waals surface area contributed by atoms with Crippen LogP contribution in [0.3, 0.4) is 0 Å². The van der Waals surface area contributed by atoms with Crippen molar-refractivity contribution in [1.82, 2.24) is 5.32 Å². The van der Waals surface area contributed by atoms with Crippen molar-refractivity contribution >= 4 is 23.2 Å². The van der Waals surface area contributed by atoms with Gasteiger partial charge in [0.05, 0.1) is 10.0 Å². The molecule has 1 aromatic rings. The third kappa shape index (κ3) is 1.70. The first-order chi connectivity index (χ1) is 6.70. The molecule has 1 aliphatic rings. The van der Waals surface area contributed by atoms with Crippen molar-refractivity contribution in [3.63, 3.8) is 0 Å². The minimum atomic E-state index is 0.140. The lowest BCUT2D eigenvalue weighted by molar-refractivity contribution is 0.457. The van der Waals surface area contributed by atoms with E-state index in [9.17, 15) is 5.11 Å². The smallest absolute Gasteiger partial charge is 0.121 e. The Morgan fingerprint density at radius 1 is 1.36 bits per heavy atom. The van der Waals surface area contributed by atoms with Gasteiger partial charge in [0.2, 0.25) is 0 Å². The molecule has 1 fully saturated rings. The number of aromatic hydroxyl groups is 1. The summed E-state index contributed by atoms with van der Waals surface area (Å²) >= 11 is 11.9. The SMILES string of the molecule is Oc1ccc(Cl)c(Cl)c1C1CCCN1. The molecule has 4 heteroatoms. The van der Waals surface area contributed by atoms with Gasteiger partial charge in [-0.1, -0.05) is 23.2 Å². The Bertz CT molecular complexity index is 348. The van der Waals surface area contributed by atoms with Crippen LogP contribution in [0.5, 0.6) is 5.75 Å². The van der Waals surface area contributed by atoms with Crippen molar-refractivity contribution in [1.29, 1.82) is 0 Å². The number of phenolic OH excluding ortho intramolecular Hbond substituents is 1. The molecule has 0 aliphatic carbocycles. The van der Waals surface area contributed by atoms with Gasteiger partial charge in [-0.05, 0) is 31.5 Å². The molecule has 0 bridgehead atoms. The van der Waals surface area contributed by atoms with E-state index in [1.807, 2.05) is 0 Å². The van der Waals surface area contributed by atoms with E-state index in [1.54, 1.807) is 12.1 Å². The molecule has 1 aliphatic heterocycles. The molecule has 14 heavy (non-hydrogen) atoms. The van der Waals surface area contributed by atoms with Gasteiger partial charge in [-0.3, -0.25) is 0 Å². The highest BCUT2D eigenvalue weighted by atomic mass is 35.5. The summed E-state index contributed by atoms with van der Waals surface area (Å²) in [5.74, 6) is 0.221. The first-order valence-electron chi connectivity index (χ1n) is 4.60. The molecule has 1 heterocycles. The molecule has 1 atom stereocenters. The fourth-order valence-corrected chi connectivity index (χ4v) is 2.27. The molecule has 0 saturated carbocycles. The zero-order valence-electron chi connectivity index (χ0n) is 7.56. The topological polar surface area (TPSA) is 32.3 Å². The lowest BCUT2D eigenvalue weighted by atomic mass is 10.0. The monoisotopic (exact) mass is 231 g/mol. The highest BCUT2D eigenvalue weighted by Crippen LogP contribution is 2.39. The van der Waals surface area contributed by atoms with Gasteiger partial charge in [0.15, 0.2) is 0 Å². The van der Waals surface area contributed by atoms with Gasteiger partial charge in [0.25, 0.3) is 0 Å². The number of hydrogen-bond donors (Lipinski definition) is 2. The van der Waals surface area contributed by atoms with E-state index in [2.05, 4.69) is 5.32 Å². The Balaban J connectivity index is 2.44.